The molecule has 0 aromatic carbocycles. The van der Waals surface area contributed by atoms with Crippen LogP contribution >= 0.6 is 11.3 Å². The van der Waals surface area contributed by atoms with Gasteiger partial charge in [0.2, 0.25) is 0 Å². The highest BCUT2D eigenvalue weighted by molar-refractivity contribution is 7.14. The molecule has 5 nitrogen and oxygen atoms in total. The van der Waals surface area contributed by atoms with Gasteiger partial charge in [0.15, 0.2) is 0 Å². The van der Waals surface area contributed by atoms with E-state index in [9.17, 15) is 4.79 Å². The van der Waals surface area contributed by atoms with E-state index in [1.165, 1.54) is 17.6 Å². The number of anilines is 1. The molecule has 0 spiro atoms. The number of carbonyl (C=O) groups is 1. The van der Waals surface area contributed by atoms with Crippen LogP contribution in [-0.4, -0.2) is 22.6 Å². The van der Waals surface area contributed by atoms with Gasteiger partial charge < -0.3 is 9.52 Å². The monoisotopic (exact) mass is 276 g/mol. The standard InChI is InChI=1S/C13H12N2O3S/c1-9-8-18-13(14-9)15-12(17)11-6-5-10(19-11)4-2-3-7-16/h5-6,8,16H,3,7H2,1H3,(H,14,15,17). The molecule has 0 saturated heterocycles. The first kappa shape index (κ1) is 13.3. The van der Waals surface area contributed by atoms with Crippen LogP contribution in [0.2, 0.25) is 0 Å². The van der Waals surface area contributed by atoms with Gasteiger partial charge >= 0.3 is 6.01 Å². The molecule has 2 aromatic rings. The molecule has 6 heteroatoms. The Labute approximate surface area is 114 Å². The van der Waals surface area contributed by atoms with E-state index in [1.807, 2.05) is 0 Å². The molecule has 0 radical (unpaired) electrons. The smallest absolute Gasteiger partial charge is 0.301 e. The summed E-state index contributed by atoms with van der Waals surface area (Å²) in [4.78, 5) is 17.2. The van der Waals surface area contributed by atoms with E-state index < -0.39 is 0 Å². The molecule has 0 aliphatic heterocycles. The highest BCUT2D eigenvalue weighted by atomic mass is 32.1. The highest BCUT2D eigenvalue weighted by Gasteiger charge is 2.11. The van der Waals surface area contributed by atoms with E-state index in [2.05, 4.69) is 22.1 Å². The van der Waals surface area contributed by atoms with Crippen LogP contribution in [0.25, 0.3) is 0 Å². The summed E-state index contributed by atoms with van der Waals surface area (Å²) in [5.74, 6) is 5.41. The van der Waals surface area contributed by atoms with Crippen LogP contribution in [0.5, 0.6) is 0 Å². The number of thiophene rings is 1. The Bertz CT molecular complexity index is 634. The van der Waals surface area contributed by atoms with Crippen molar-refractivity contribution in [3.05, 3.63) is 33.8 Å². The molecular formula is C13H12N2O3S. The largest absolute Gasteiger partial charge is 0.432 e. The fourth-order valence-corrected chi connectivity index (χ4v) is 2.08. The zero-order valence-electron chi connectivity index (χ0n) is 10.3. The first-order chi connectivity index (χ1) is 9.19. The van der Waals surface area contributed by atoms with Crippen LogP contribution < -0.4 is 5.32 Å². The van der Waals surface area contributed by atoms with Crippen molar-refractivity contribution in [2.75, 3.05) is 11.9 Å². The van der Waals surface area contributed by atoms with Crippen molar-refractivity contribution in [2.24, 2.45) is 0 Å². The maximum Gasteiger partial charge on any atom is 0.301 e. The molecule has 2 rings (SSSR count). The lowest BCUT2D eigenvalue weighted by molar-refractivity contribution is 0.102. The second-order valence-corrected chi connectivity index (χ2v) is 4.77. The summed E-state index contributed by atoms with van der Waals surface area (Å²) in [5, 5.41) is 11.2. The van der Waals surface area contributed by atoms with Crippen molar-refractivity contribution in [3.63, 3.8) is 0 Å². The van der Waals surface area contributed by atoms with Crippen molar-refractivity contribution < 1.29 is 14.3 Å². The third-order valence-electron chi connectivity index (χ3n) is 2.12. The third-order valence-corrected chi connectivity index (χ3v) is 3.12. The summed E-state index contributed by atoms with van der Waals surface area (Å²) >= 11 is 1.28. The van der Waals surface area contributed by atoms with Gasteiger partial charge in [0.1, 0.15) is 6.26 Å². The number of amides is 1. The van der Waals surface area contributed by atoms with Crippen molar-refractivity contribution in [3.8, 4) is 11.8 Å². The van der Waals surface area contributed by atoms with Crippen molar-refractivity contribution >= 4 is 23.3 Å². The summed E-state index contributed by atoms with van der Waals surface area (Å²) in [6.07, 6.45) is 1.89. The van der Waals surface area contributed by atoms with E-state index in [1.54, 1.807) is 19.1 Å². The Kier molecular flexibility index (Phi) is 4.34. The zero-order chi connectivity index (χ0) is 13.7. The van der Waals surface area contributed by atoms with Crippen LogP contribution in [0.4, 0.5) is 6.01 Å². The molecule has 0 bridgehead atoms. The fraction of sp³-hybridized carbons (Fsp3) is 0.231. The molecule has 0 atom stereocenters. The van der Waals surface area contributed by atoms with Gasteiger partial charge in [-0.15, -0.1) is 11.3 Å². The summed E-state index contributed by atoms with van der Waals surface area (Å²) in [5.41, 5.74) is 0.706. The lowest BCUT2D eigenvalue weighted by Gasteiger charge is -1.96. The summed E-state index contributed by atoms with van der Waals surface area (Å²) < 4.78 is 5.05. The maximum absolute atomic E-state index is 11.9. The summed E-state index contributed by atoms with van der Waals surface area (Å²) in [6, 6.07) is 3.65. The van der Waals surface area contributed by atoms with Gasteiger partial charge in [-0.2, -0.15) is 4.98 Å². The van der Waals surface area contributed by atoms with Crippen molar-refractivity contribution in [1.82, 2.24) is 4.98 Å². The fourth-order valence-electron chi connectivity index (χ4n) is 1.30. The van der Waals surface area contributed by atoms with Gasteiger partial charge in [0.25, 0.3) is 5.91 Å². The first-order valence-electron chi connectivity index (χ1n) is 5.62. The van der Waals surface area contributed by atoms with Gasteiger partial charge in [-0.1, -0.05) is 11.8 Å². The molecule has 2 N–H and O–H groups in total. The SMILES string of the molecule is Cc1coc(NC(=O)c2ccc(C#CCCO)s2)n1. The van der Waals surface area contributed by atoms with E-state index in [0.29, 0.717) is 17.0 Å². The summed E-state index contributed by atoms with van der Waals surface area (Å²) in [7, 11) is 0. The average molecular weight is 276 g/mol. The topological polar surface area (TPSA) is 75.4 Å². The van der Waals surface area contributed by atoms with Gasteiger partial charge in [0.05, 0.1) is 22.1 Å². The minimum atomic E-state index is -0.276. The molecule has 2 heterocycles. The number of hydrogen-bond donors (Lipinski definition) is 2. The number of aromatic nitrogens is 1. The minimum Gasteiger partial charge on any atom is -0.432 e. The van der Waals surface area contributed by atoms with Crippen molar-refractivity contribution in [2.45, 2.75) is 13.3 Å². The Balaban J connectivity index is 2.02. The number of nitrogens with zero attached hydrogens (tertiary/aromatic N) is 1. The predicted molar refractivity (Wildman–Crippen MR) is 72.1 cm³/mol. The van der Waals surface area contributed by atoms with E-state index in [4.69, 9.17) is 9.52 Å². The number of hydrogen-bond acceptors (Lipinski definition) is 5. The number of nitrogens with one attached hydrogen (secondary N) is 1. The molecule has 98 valence electrons. The van der Waals surface area contributed by atoms with Crippen LogP contribution in [0.1, 0.15) is 26.7 Å². The zero-order valence-corrected chi connectivity index (χ0v) is 11.1. The van der Waals surface area contributed by atoms with Crippen LogP contribution in [0.15, 0.2) is 22.8 Å². The Morgan fingerprint density at radius 3 is 3.11 bits per heavy atom. The number of aliphatic hydroxyl groups excluding tert-OH is 1. The van der Waals surface area contributed by atoms with E-state index >= 15 is 0 Å². The quantitative estimate of drug-likeness (QED) is 0.841. The molecule has 0 aliphatic rings. The molecule has 2 aromatic heterocycles. The third kappa shape index (κ3) is 3.68. The molecular weight excluding hydrogens is 264 g/mol. The second kappa shape index (κ2) is 6.18. The predicted octanol–water partition coefficient (Wildman–Crippen LogP) is 2.03. The van der Waals surface area contributed by atoms with Crippen LogP contribution in [-0.2, 0) is 0 Å². The Morgan fingerprint density at radius 2 is 2.42 bits per heavy atom. The second-order valence-electron chi connectivity index (χ2n) is 3.69. The molecule has 19 heavy (non-hydrogen) atoms. The molecule has 0 saturated carbocycles. The van der Waals surface area contributed by atoms with Gasteiger partial charge in [-0.25, -0.2) is 0 Å². The summed E-state index contributed by atoms with van der Waals surface area (Å²) in [6.45, 7) is 1.81. The Hall–Kier alpha value is -2.10. The van der Waals surface area contributed by atoms with Crippen LogP contribution in [0.3, 0.4) is 0 Å². The minimum absolute atomic E-state index is 0.0369. The first-order valence-corrected chi connectivity index (χ1v) is 6.44. The molecule has 0 fully saturated rings. The van der Waals surface area contributed by atoms with Crippen molar-refractivity contribution in [1.29, 1.82) is 0 Å². The van der Waals surface area contributed by atoms with E-state index in [0.717, 1.165) is 4.88 Å². The normalized spacial score (nSPS) is 9.79. The average Bonchev–Trinajstić information content (AvgIpc) is 2.99. The Morgan fingerprint density at radius 1 is 1.58 bits per heavy atom. The maximum atomic E-state index is 11.9. The number of aliphatic hydroxyl groups is 1. The lowest BCUT2D eigenvalue weighted by atomic mass is 10.4. The highest BCUT2D eigenvalue weighted by Crippen LogP contribution is 2.17. The van der Waals surface area contributed by atoms with Gasteiger partial charge in [-0.05, 0) is 19.1 Å². The van der Waals surface area contributed by atoms with Gasteiger partial charge in [-0.3, -0.25) is 10.1 Å². The molecule has 0 unspecified atom stereocenters. The molecule has 0 aliphatic carbocycles. The lowest BCUT2D eigenvalue weighted by Crippen LogP contribution is -2.10. The number of carbonyl (C=O) groups excluding carboxylic acids is 1. The van der Waals surface area contributed by atoms with E-state index in [-0.39, 0.29) is 18.5 Å². The number of rotatable bonds is 3. The number of aryl methyl sites for hydroxylation is 1. The van der Waals surface area contributed by atoms with Gasteiger partial charge in [0, 0.05) is 6.42 Å². The number of oxazole rings is 1. The molecule has 1 amide bonds. The van der Waals surface area contributed by atoms with Crippen LogP contribution in [0, 0.1) is 18.8 Å².